The van der Waals surface area contributed by atoms with Crippen LogP contribution in [0.1, 0.15) is 79.4 Å². The molecule has 2 aromatic rings. The van der Waals surface area contributed by atoms with Gasteiger partial charge in [-0.05, 0) is 45.6 Å². The van der Waals surface area contributed by atoms with Crippen LogP contribution in [-0.4, -0.2) is 16.5 Å². The fraction of sp³-hybridized carbons (Fsp3) is 0.560. The summed E-state index contributed by atoms with van der Waals surface area (Å²) >= 11 is 0. The lowest BCUT2D eigenvalue weighted by Crippen LogP contribution is -2.21. The lowest BCUT2D eigenvalue weighted by Gasteiger charge is -2.15. The molecule has 1 heterocycles. The van der Waals surface area contributed by atoms with Crippen molar-refractivity contribution >= 4 is 0 Å². The van der Waals surface area contributed by atoms with Crippen LogP contribution in [0.4, 0.5) is 0 Å². The molecule has 0 spiro atoms. The zero-order valence-electron chi connectivity index (χ0n) is 18.4. The molecule has 0 amide bonds. The Bertz CT molecular complexity index is 796. The van der Waals surface area contributed by atoms with Gasteiger partial charge >= 0.3 is 0 Å². The minimum atomic E-state index is 0.0653. The van der Waals surface area contributed by atoms with Gasteiger partial charge in [0.1, 0.15) is 0 Å². The average molecular weight is 400 g/mol. The van der Waals surface area contributed by atoms with Crippen LogP contribution in [0.3, 0.4) is 0 Å². The molecule has 1 aromatic heterocycles. The quantitative estimate of drug-likeness (QED) is 0.337. The summed E-state index contributed by atoms with van der Waals surface area (Å²) in [6, 6.07) is 10.3. The third kappa shape index (κ3) is 7.36. The summed E-state index contributed by atoms with van der Waals surface area (Å²) in [5.41, 5.74) is 4.05. The molecule has 4 nitrogen and oxygen atoms in total. The second-order valence-corrected chi connectivity index (χ2v) is 8.04. The molecule has 0 unspecified atom stereocenters. The van der Waals surface area contributed by atoms with Crippen LogP contribution < -0.4 is 5.43 Å². The monoisotopic (exact) mass is 399 g/mol. The number of ether oxygens (including phenoxy) is 1. The lowest BCUT2D eigenvalue weighted by molar-refractivity contribution is 0.116. The molecule has 0 aliphatic rings. The van der Waals surface area contributed by atoms with Crippen LogP contribution in [0.5, 0.6) is 0 Å². The Morgan fingerprint density at radius 2 is 1.41 bits per heavy atom. The highest BCUT2D eigenvalue weighted by molar-refractivity contribution is 5.29. The molecule has 1 N–H and O–H groups in total. The molecule has 0 aliphatic heterocycles. The van der Waals surface area contributed by atoms with Crippen molar-refractivity contribution in [3.8, 4) is 0 Å². The molecule has 1 aromatic carbocycles. The Balaban J connectivity index is 1.49. The number of unbranched alkanes of at least 4 members (excludes halogenated alkanes) is 7. The van der Waals surface area contributed by atoms with Crippen molar-refractivity contribution in [1.29, 1.82) is 0 Å². The van der Waals surface area contributed by atoms with Gasteiger partial charge in [-0.25, -0.2) is 0 Å². The second-order valence-electron chi connectivity index (χ2n) is 8.04. The van der Waals surface area contributed by atoms with E-state index in [-0.39, 0.29) is 5.43 Å². The van der Waals surface area contributed by atoms with E-state index in [1.165, 1.54) is 42.4 Å². The summed E-state index contributed by atoms with van der Waals surface area (Å²) < 4.78 is 6.93. The number of nitrogens with zero attached hydrogens (tertiary/aromatic N) is 1. The van der Waals surface area contributed by atoms with Crippen molar-refractivity contribution in [3.05, 3.63) is 68.6 Å². The Morgan fingerprint density at radius 1 is 0.828 bits per heavy atom. The fourth-order valence-electron chi connectivity index (χ4n) is 3.71. The van der Waals surface area contributed by atoms with E-state index < -0.39 is 0 Å². The van der Waals surface area contributed by atoms with Gasteiger partial charge in [-0.2, -0.15) is 4.73 Å². The molecule has 4 heteroatoms. The number of aromatic nitrogens is 1. The first-order chi connectivity index (χ1) is 14.0. The van der Waals surface area contributed by atoms with Crippen LogP contribution in [0.15, 0.2) is 35.1 Å². The molecule has 0 saturated heterocycles. The normalized spacial score (nSPS) is 11.1. The zero-order chi connectivity index (χ0) is 21.1. The zero-order valence-corrected chi connectivity index (χ0v) is 18.4. The fourth-order valence-corrected chi connectivity index (χ4v) is 3.71. The van der Waals surface area contributed by atoms with E-state index in [9.17, 15) is 10.0 Å². The Hall–Kier alpha value is -2.07. The summed E-state index contributed by atoms with van der Waals surface area (Å²) in [5.74, 6) is 0. The van der Waals surface area contributed by atoms with Crippen molar-refractivity contribution in [3.63, 3.8) is 0 Å². The van der Waals surface area contributed by atoms with Gasteiger partial charge in [-0.1, -0.05) is 68.9 Å². The lowest BCUT2D eigenvalue weighted by atomic mass is 10.0. The third-order valence-corrected chi connectivity index (χ3v) is 5.79. The van der Waals surface area contributed by atoms with E-state index in [4.69, 9.17) is 4.74 Å². The summed E-state index contributed by atoms with van der Waals surface area (Å²) in [6.07, 6.45) is 10.3. The van der Waals surface area contributed by atoms with Crippen LogP contribution in [0.25, 0.3) is 0 Å². The van der Waals surface area contributed by atoms with E-state index >= 15 is 0 Å². The Kier molecular flexibility index (Phi) is 9.99. The second kappa shape index (κ2) is 12.5. The maximum atomic E-state index is 12.2. The first kappa shape index (κ1) is 23.2. The number of pyridine rings is 1. The standard InChI is InChI=1S/C25H37NO3/c1-20-22(3)26(28)24(21(2)25(20)27)17-13-8-6-4-5-7-9-14-18-29-19-23-15-11-10-12-16-23/h10-12,15-16,28H,4-9,13-14,17-19H2,1-3H3. The Labute approximate surface area is 175 Å². The smallest absolute Gasteiger partial charge is 0.188 e. The van der Waals surface area contributed by atoms with Gasteiger partial charge in [0.2, 0.25) is 0 Å². The molecule has 2 rings (SSSR count). The topological polar surface area (TPSA) is 51.5 Å². The van der Waals surface area contributed by atoms with Crippen LogP contribution in [0.2, 0.25) is 0 Å². The van der Waals surface area contributed by atoms with E-state index in [0.29, 0.717) is 23.4 Å². The van der Waals surface area contributed by atoms with E-state index in [2.05, 4.69) is 12.1 Å². The maximum Gasteiger partial charge on any atom is 0.188 e. The van der Waals surface area contributed by atoms with Gasteiger partial charge in [0.05, 0.1) is 18.0 Å². The minimum Gasteiger partial charge on any atom is -0.428 e. The van der Waals surface area contributed by atoms with Crippen LogP contribution in [0, 0.1) is 20.8 Å². The number of hydrogen-bond donors (Lipinski definition) is 1. The Morgan fingerprint density at radius 3 is 2.07 bits per heavy atom. The molecule has 0 aliphatic carbocycles. The molecule has 0 radical (unpaired) electrons. The average Bonchev–Trinajstić information content (AvgIpc) is 2.74. The van der Waals surface area contributed by atoms with Gasteiger partial charge in [-0.3, -0.25) is 4.79 Å². The summed E-state index contributed by atoms with van der Waals surface area (Å²) in [4.78, 5) is 12.2. The van der Waals surface area contributed by atoms with E-state index in [0.717, 1.165) is 38.0 Å². The third-order valence-electron chi connectivity index (χ3n) is 5.79. The number of hydrogen-bond acceptors (Lipinski definition) is 3. The van der Waals surface area contributed by atoms with Crippen molar-refractivity contribution in [2.45, 2.75) is 85.2 Å². The molecule has 0 atom stereocenters. The predicted molar refractivity (Wildman–Crippen MR) is 119 cm³/mol. The van der Waals surface area contributed by atoms with Crippen LogP contribution in [-0.2, 0) is 17.8 Å². The van der Waals surface area contributed by atoms with Gasteiger partial charge in [0.15, 0.2) is 5.43 Å². The molecule has 0 saturated carbocycles. The number of benzene rings is 1. The molecular formula is C25H37NO3. The molecule has 0 bridgehead atoms. The van der Waals surface area contributed by atoms with Gasteiger partial charge in [0.25, 0.3) is 0 Å². The minimum absolute atomic E-state index is 0.0653. The maximum absolute atomic E-state index is 12.2. The van der Waals surface area contributed by atoms with Gasteiger partial charge < -0.3 is 9.94 Å². The summed E-state index contributed by atoms with van der Waals surface area (Å²) in [6.45, 7) is 6.94. The van der Waals surface area contributed by atoms with E-state index in [1.54, 1.807) is 13.8 Å². The van der Waals surface area contributed by atoms with Crippen molar-refractivity contribution in [2.24, 2.45) is 0 Å². The van der Waals surface area contributed by atoms with Crippen LogP contribution >= 0.6 is 0 Å². The SMILES string of the molecule is Cc1c(C)n(O)c(CCCCCCCCCCOCc2ccccc2)c(C)c1=O. The predicted octanol–water partition coefficient (Wildman–Crippen LogP) is 5.89. The van der Waals surface area contributed by atoms with Gasteiger partial charge in [0, 0.05) is 17.7 Å². The van der Waals surface area contributed by atoms with Gasteiger partial charge in [-0.15, -0.1) is 0 Å². The largest absolute Gasteiger partial charge is 0.428 e. The molecule has 29 heavy (non-hydrogen) atoms. The first-order valence-electron chi connectivity index (χ1n) is 11.0. The van der Waals surface area contributed by atoms with Crippen molar-refractivity contribution in [2.75, 3.05) is 6.61 Å². The highest BCUT2D eigenvalue weighted by Gasteiger charge is 2.13. The highest BCUT2D eigenvalue weighted by atomic mass is 16.5. The number of rotatable bonds is 13. The molecular weight excluding hydrogens is 362 g/mol. The molecule has 160 valence electrons. The summed E-state index contributed by atoms with van der Waals surface area (Å²) in [7, 11) is 0. The molecule has 0 fully saturated rings. The first-order valence-corrected chi connectivity index (χ1v) is 11.0. The van der Waals surface area contributed by atoms with E-state index in [1.807, 2.05) is 25.1 Å². The van der Waals surface area contributed by atoms with Crippen molar-refractivity contribution < 1.29 is 9.94 Å². The highest BCUT2D eigenvalue weighted by Crippen LogP contribution is 2.15. The van der Waals surface area contributed by atoms with Crippen molar-refractivity contribution in [1.82, 2.24) is 4.73 Å². The summed E-state index contributed by atoms with van der Waals surface area (Å²) in [5, 5.41) is 10.3.